The third-order valence-corrected chi connectivity index (χ3v) is 3.79. The number of anilines is 1. The van der Waals surface area contributed by atoms with Crippen LogP contribution in [0.3, 0.4) is 0 Å². The number of aryl methyl sites for hydroxylation is 2. The van der Waals surface area contributed by atoms with Gasteiger partial charge in [-0.05, 0) is 19.3 Å². The molecular weight excluding hydrogens is 276 g/mol. The Bertz CT molecular complexity index is 555. The van der Waals surface area contributed by atoms with Crippen molar-refractivity contribution in [1.29, 1.82) is 0 Å². The van der Waals surface area contributed by atoms with E-state index in [0.717, 1.165) is 19.3 Å². The summed E-state index contributed by atoms with van der Waals surface area (Å²) in [5.74, 6) is -0.447. The van der Waals surface area contributed by atoms with Gasteiger partial charge in [0.25, 0.3) is 0 Å². The lowest BCUT2D eigenvalue weighted by Gasteiger charge is -2.24. The van der Waals surface area contributed by atoms with Crippen molar-refractivity contribution in [2.45, 2.75) is 45.1 Å². The van der Waals surface area contributed by atoms with Crippen molar-refractivity contribution in [2.24, 2.45) is 7.05 Å². The Morgan fingerprint density at radius 2 is 2.29 bits per heavy atom. The van der Waals surface area contributed by atoms with E-state index in [1.165, 1.54) is 4.68 Å². The molecule has 0 aromatic carbocycles. The van der Waals surface area contributed by atoms with Crippen molar-refractivity contribution in [3.63, 3.8) is 0 Å². The number of carboxylic acids is 1. The zero-order valence-electron chi connectivity index (χ0n) is 12.3. The minimum atomic E-state index is -0.884. The maximum absolute atomic E-state index is 11.4. The summed E-state index contributed by atoms with van der Waals surface area (Å²) < 4.78 is 1.52. The van der Waals surface area contributed by atoms with E-state index in [-0.39, 0.29) is 18.2 Å². The molecule has 1 aliphatic heterocycles. The summed E-state index contributed by atoms with van der Waals surface area (Å²) in [5.41, 5.74) is 0.498. The van der Waals surface area contributed by atoms with Gasteiger partial charge < -0.3 is 10.0 Å². The average Bonchev–Trinajstić information content (AvgIpc) is 2.93. The Morgan fingerprint density at radius 1 is 1.57 bits per heavy atom. The first-order valence-electron chi connectivity index (χ1n) is 7.14. The molecule has 2 heterocycles. The molecule has 1 N–H and O–H groups in total. The number of aromatic nitrogens is 2. The van der Waals surface area contributed by atoms with Crippen LogP contribution in [0, 0.1) is 10.1 Å². The first-order valence-corrected chi connectivity index (χ1v) is 7.14. The van der Waals surface area contributed by atoms with Crippen LogP contribution in [-0.2, 0) is 18.3 Å². The fourth-order valence-corrected chi connectivity index (χ4v) is 3.00. The highest BCUT2D eigenvalue weighted by atomic mass is 16.6. The van der Waals surface area contributed by atoms with Crippen LogP contribution in [-0.4, -0.2) is 38.4 Å². The number of aliphatic carboxylic acids is 1. The first-order chi connectivity index (χ1) is 9.95. The molecule has 0 saturated carbocycles. The van der Waals surface area contributed by atoms with Crippen molar-refractivity contribution in [1.82, 2.24) is 9.78 Å². The van der Waals surface area contributed by atoms with Gasteiger partial charge in [-0.15, -0.1) is 0 Å². The molecule has 0 bridgehead atoms. The number of nitrogens with zero attached hydrogens (tertiary/aromatic N) is 4. The monoisotopic (exact) mass is 296 g/mol. The fraction of sp³-hybridized carbons (Fsp3) is 0.692. The predicted molar refractivity (Wildman–Crippen MR) is 76.5 cm³/mol. The molecule has 21 heavy (non-hydrogen) atoms. The Labute approximate surface area is 122 Å². The third-order valence-electron chi connectivity index (χ3n) is 3.79. The lowest BCUT2D eigenvalue weighted by molar-refractivity contribution is -0.384. The highest BCUT2D eigenvalue weighted by Gasteiger charge is 2.36. The number of hydrogen-bond acceptors (Lipinski definition) is 5. The van der Waals surface area contributed by atoms with E-state index in [9.17, 15) is 14.9 Å². The Balaban J connectivity index is 2.42. The van der Waals surface area contributed by atoms with Gasteiger partial charge in [0.1, 0.15) is 5.69 Å². The molecule has 0 spiro atoms. The van der Waals surface area contributed by atoms with Crippen LogP contribution in [0.15, 0.2) is 0 Å². The minimum absolute atomic E-state index is 0.00849. The van der Waals surface area contributed by atoms with Crippen molar-refractivity contribution >= 4 is 17.5 Å². The van der Waals surface area contributed by atoms with Crippen molar-refractivity contribution < 1.29 is 14.8 Å². The molecular formula is C13H20N4O4. The van der Waals surface area contributed by atoms with Gasteiger partial charge in [-0.1, -0.05) is 13.3 Å². The van der Waals surface area contributed by atoms with Crippen LogP contribution in [0.25, 0.3) is 0 Å². The van der Waals surface area contributed by atoms with Crippen LogP contribution >= 0.6 is 0 Å². The van der Waals surface area contributed by atoms with Crippen LogP contribution in [0.4, 0.5) is 11.5 Å². The minimum Gasteiger partial charge on any atom is -0.481 e. The van der Waals surface area contributed by atoms with Gasteiger partial charge >= 0.3 is 11.7 Å². The molecule has 1 aromatic rings. The maximum atomic E-state index is 11.4. The molecule has 116 valence electrons. The Morgan fingerprint density at radius 3 is 2.86 bits per heavy atom. The number of hydrogen-bond donors (Lipinski definition) is 1. The van der Waals surface area contributed by atoms with Crippen LogP contribution < -0.4 is 4.90 Å². The molecule has 8 heteroatoms. The summed E-state index contributed by atoms with van der Waals surface area (Å²) in [6.45, 7) is 2.57. The van der Waals surface area contributed by atoms with Gasteiger partial charge in [0, 0.05) is 19.6 Å². The van der Waals surface area contributed by atoms with E-state index >= 15 is 0 Å². The molecule has 1 aliphatic rings. The van der Waals surface area contributed by atoms with E-state index in [2.05, 4.69) is 5.10 Å². The molecule has 2 rings (SSSR count). The van der Waals surface area contributed by atoms with Crippen molar-refractivity contribution in [3.05, 3.63) is 15.8 Å². The van der Waals surface area contributed by atoms with Crippen LogP contribution in [0.5, 0.6) is 0 Å². The summed E-state index contributed by atoms with van der Waals surface area (Å²) in [7, 11) is 1.68. The molecule has 0 amide bonds. The summed E-state index contributed by atoms with van der Waals surface area (Å²) in [6, 6.07) is -0.203. The van der Waals surface area contributed by atoms with Gasteiger partial charge in [-0.25, -0.2) is 4.68 Å². The van der Waals surface area contributed by atoms with E-state index in [4.69, 9.17) is 5.11 Å². The van der Waals surface area contributed by atoms with Gasteiger partial charge in [0.05, 0.1) is 11.3 Å². The van der Waals surface area contributed by atoms with Gasteiger partial charge in [-0.2, -0.15) is 5.10 Å². The first kappa shape index (κ1) is 15.3. The van der Waals surface area contributed by atoms with E-state index < -0.39 is 10.9 Å². The largest absolute Gasteiger partial charge is 0.481 e. The van der Waals surface area contributed by atoms with Crippen LogP contribution in [0.2, 0.25) is 0 Å². The molecule has 1 unspecified atom stereocenters. The lowest BCUT2D eigenvalue weighted by atomic mass is 10.1. The summed E-state index contributed by atoms with van der Waals surface area (Å²) in [5, 5.41) is 24.7. The second-order valence-corrected chi connectivity index (χ2v) is 5.34. The van der Waals surface area contributed by atoms with E-state index in [1.54, 1.807) is 7.05 Å². The van der Waals surface area contributed by atoms with Crippen molar-refractivity contribution in [2.75, 3.05) is 11.4 Å². The van der Waals surface area contributed by atoms with Gasteiger partial charge in [0.2, 0.25) is 5.82 Å². The smallest absolute Gasteiger partial charge is 0.334 e. The van der Waals surface area contributed by atoms with Crippen molar-refractivity contribution in [3.8, 4) is 0 Å². The van der Waals surface area contributed by atoms with E-state index in [1.807, 2.05) is 11.8 Å². The average molecular weight is 296 g/mol. The SMILES string of the molecule is CCCc1nn(C)c(N2CCCC2CC(=O)O)c1[N+](=O)[O-]. The zero-order valence-corrected chi connectivity index (χ0v) is 12.3. The topological polar surface area (TPSA) is 102 Å². The number of carbonyl (C=O) groups is 1. The predicted octanol–water partition coefficient (Wildman–Crippen LogP) is 1.72. The lowest BCUT2D eigenvalue weighted by Crippen LogP contribution is -2.33. The standard InChI is InChI=1S/C13H20N4O4/c1-3-5-10-12(17(20)21)13(15(2)14-10)16-7-4-6-9(16)8-11(18)19/h9H,3-8H2,1-2H3,(H,18,19). The maximum Gasteiger partial charge on any atom is 0.334 e. The highest BCUT2D eigenvalue weighted by molar-refractivity contribution is 5.70. The quantitative estimate of drug-likeness (QED) is 0.633. The molecule has 1 atom stereocenters. The Kier molecular flexibility index (Phi) is 4.44. The molecule has 1 fully saturated rings. The molecule has 8 nitrogen and oxygen atoms in total. The molecule has 0 radical (unpaired) electrons. The molecule has 1 saturated heterocycles. The van der Waals surface area contributed by atoms with Crippen LogP contribution in [0.1, 0.15) is 38.3 Å². The van der Waals surface area contributed by atoms with E-state index in [0.29, 0.717) is 24.5 Å². The van der Waals surface area contributed by atoms with Gasteiger partial charge in [0.15, 0.2) is 0 Å². The second-order valence-electron chi connectivity index (χ2n) is 5.34. The van der Waals surface area contributed by atoms with Gasteiger partial charge in [-0.3, -0.25) is 14.9 Å². The second kappa shape index (κ2) is 6.11. The molecule has 1 aromatic heterocycles. The fourth-order valence-electron chi connectivity index (χ4n) is 3.00. The number of rotatable bonds is 6. The highest BCUT2D eigenvalue weighted by Crippen LogP contribution is 2.37. The number of nitro groups is 1. The summed E-state index contributed by atoms with van der Waals surface area (Å²) in [4.78, 5) is 23.8. The zero-order chi connectivity index (χ0) is 15.6. The summed E-state index contributed by atoms with van der Waals surface area (Å²) in [6.07, 6.45) is 2.88. The number of carboxylic acid groups (broad SMARTS) is 1. The third kappa shape index (κ3) is 2.98. The Hall–Kier alpha value is -2.12. The molecule has 0 aliphatic carbocycles. The normalized spacial score (nSPS) is 18.2. The summed E-state index contributed by atoms with van der Waals surface area (Å²) >= 11 is 0.